The van der Waals surface area contributed by atoms with Crippen LogP contribution in [-0.4, -0.2) is 21.9 Å². The number of carbonyl (C=O) groups excluding carboxylic acids is 1. The van der Waals surface area contributed by atoms with Gasteiger partial charge in [-0.05, 0) is 6.42 Å². The topological polar surface area (TPSA) is 80.9 Å². The maximum Gasteiger partial charge on any atom is 0.241 e. The van der Waals surface area contributed by atoms with E-state index in [4.69, 9.17) is 5.73 Å². The monoisotopic (exact) mass is 270 g/mol. The van der Waals surface area contributed by atoms with Gasteiger partial charge in [0.05, 0.1) is 24.1 Å². The van der Waals surface area contributed by atoms with E-state index in [0.717, 1.165) is 12.0 Å². The summed E-state index contributed by atoms with van der Waals surface area (Å²) in [6, 6.07) is 9.17. The van der Waals surface area contributed by atoms with E-state index >= 15 is 0 Å². The molecule has 0 saturated carbocycles. The smallest absolute Gasteiger partial charge is 0.241 e. The molecule has 1 atom stereocenters. The van der Waals surface area contributed by atoms with Gasteiger partial charge >= 0.3 is 0 Å². The summed E-state index contributed by atoms with van der Waals surface area (Å²) in [5.74, 6) is 0.421. The van der Waals surface area contributed by atoms with Crippen LogP contribution in [0.25, 0.3) is 11.4 Å². The van der Waals surface area contributed by atoms with Crippen molar-refractivity contribution in [1.82, 2.24) is 9.97 Å². The predicted molar refractivity (Wildman–Crippen MR) is 79.0 cm³/mol. The lowest BCUT2D eigenvalue weighted by Crippen LogP contribution is -2.35. The molecule has 1 amide bonds. The zero-order valence-corrected chi connectivity index (χ0v) is 11.4. The fraction of sp³-hybridized carbons (Fsp3) is 0.267. The highest BCUT2D eigenvalue weighted by Gasteiger charge is 2.12. The molecule has 0 fully saturated rings. The third kappa shape index (κ3) is 3.61. The Labute approximate surface area is 118 Å². The Kier molecular flexibility index (Phi) is 4.79. The molecule has 0 radical (unpaired) electrons. The number of nitrogens with one attached hydrogen (secondary N) is 1. The minimum absolute atomic E-state index is 0.206. The Morgan fingerprint density at radius 2 is 1.90 bits per heavy atom. The second-order valence-electron chi connectivity index (χ2n) is 4.55. The molecule has 3 N–H and O–H groups in total. The average Bonchev–Trinajstić information content (AvgIpc) is 2.49. The largest absolute Gasteiger partial charge is 0.322 e. The first-order chi connectivity index (χ1) is 9.70. The van der Waals surface area contributed by atoms with Gasteiger partial charge in [-0.15, -0.1) is 0 Å². The average molecular weight is 270 g/mol. The summed E-state index contributed by atoms with van der Waals surface area (Å²) in [5, 5.41) is 2.72. The fourth-order valence-corrected chi connectivity index (χ4v) is 1.81. The summed E-state index contributed by atoms with van der Waals surface area (Å²) in [6.45, 7) is 1.99. The number of amides is 1. The van der Waals surface area contributed by atoms with Gasteiger partial charge in [-0.25, -0.2) is 9.97 Å². The van der Waals surface area contributed by atoms with Crippen LogP contribution in [0.1, 0.15) is 19.8 Å². The van der Waals surface area contributed by atoms with Crippen molar-refractivity contribution in [2.75, 3.05) is 5.32 Å². The normalized spacial score (nSPS) is 11.9. The molecule has 0 bridgehead atoms. The second kappa shape index (κ2) is 6.77. The van der Waals surface area contributed by atoms with Crippen LogP contribution in [0.2, 0.25) is 0 Å². The first kappa shape index (κ1) is 14.1. The van der Waals surface area contributed by atoms with Gasteiger partial charge < -0.3 is 11.1 Å². The zero-order chi connectivity index (χ0) is 14.4. The van der Waals surface area contributed by atoms with E-state index in [1.54, 1.807) is 12.4 Å². The van der Waals surface area contributed by atoms with Crippen LogP contribution in [0.4, 0.5) is 5.69 Å². The lowest BCUT2D eigenvalue weighted by atomic mass is 10.1. The molecule has 5 nitrogen and oxygen atoms in total. The Morgan fingerprint density at radius 3 is 2.50 bits per heavy atom. The number of nitrogens with two attached hydrogens (primary N) is 1. The van der Waals surface area contributed by atoms with Gasteiger partial charge in [0.1, 0.15) is 0 Å². The van der Waals surface area contributed by atoms with Gasteiger partial charge in [-0.3, -0.25) is 4.79 Å². The summed E-state index contributed by atoms with van der Waals surface area (Å²) in [7, 11) is 0. The van der Waals surface area contributed by atoms with Crippen molar-refractivity contribution in [3.63, 3.8) is 0 Å². The minimum atomic E-state index is -0.492. The number of anilines is 1. The molecule has 0 saturated heterocycles. The summed E-state index contributed by atoms with van der Waals surface area (Å²) in [4.78, 5) is 20.2. The summed E-state index contributed by atoms with van der Waals surface area (Å²) >= 11 is 0. The maximum absolute atomic E-state index is 11.8. The SMILES string of the molecule is CCCC(N)C(=O)Nc1cnc(-c2ccccc2)nc1. The van der Waals surface area contributed by atoms with E-state index in [0.29, 0.717) is 17.9 Å². The third-order valence-corrected chi connectivity index (χ3v) is 2.89. The molecule has 20 heavy (non-hydrogen) atoms. The quantitative estimate of drug-likeness (QED) is 0.872. The highest BCUT2D eigenvalue weighted by molar-refractivity contribution is 5.94. The Bertz CT molecular complexity index is 554. The molecule has 0 aliphatic heterocycles. The van der Waals surface area contributed by atoms with Crippen molar-refractivity contribution in [3.8, 4) is 11.4 Å². The minimum Gasteiger partial charge on any atom is -0.322 e. The van der Waals surface area contributed by atoms with Crippen LogP contribution in [0.5, 0.6) is 0 Å². The molecule has 1 heterocycles. The van der Waals surface area contributed by atoms with Gasteiger partial charge in [-0.2, -0.15) is 0 Å². The number of hydrogen-bond donors (Lipinski definition) is 2. The van der Waals surface area contributed by atoms with Crippen molar-refractivity contribution in [1.29, 1.82) is 0 Å². The number of hydrogen-bond acceptors (Lipinski definition) is 4. The molecular formula is C15H18N4O. The Morgan fingerprint density at radius 1 is 1.25 bits per heavy atom. The van der Waals surface area contributed by atoms with Gasteiger partial charge in [-0.1, -0.05) is 43.7 Å². The molecule has 0 aliphatic rings. The molecule has 0 spiro atoms. The van der Waals surface area contributed by atoms with E-state index in [1.165, 1.54) is 0 Å². The van der Waals surface area contributed by atoms with Crippen molar-refractivity contribution in [2.24, 2.45) is 5.73 Å². The van der Waals surface area contributed by atoms with Crippen molar-refractivity contribution >= 4 is 11.6 Å². The molecule has 1 aromatic heterocycles. The first-order valence-electron chi connectivity index (χ1n) is 6.64. The third-order valence-electron chi connectivity index (χ3n) is 2.89. The van der Waals surface area contributed by atoms with Crippen LogP contribution < -0.4 is 11.1 Å². The highest BCUT2D eigenvalue weighted by Crippen LogP contribution is 2.14. The number of nitrogens with zero attached hydrogens (tertiary/aromatic N) is 2. The maximum atomic E-state index is 11.8. The predicted octanol–water partition coefficient (Wildman–Crippen LogP) is 2.21. The summed E-state index contributed by atoms with van der Waals surface area (Å²) < 4.78 is 0. The van der Waals surface area contributed by atoms with Crippen LogP contribution in [-0.2, 0) is 4.79 Å². The molecule has 1 aromatic carbocycles. The standard InChI is InChI=1S/C15H18N4O/c1-2-6-13(16)15(20)19-12-9-17-14(18-10-12)11-7-4-3-5-8-11/h3-5,7-10,13H,2,6,16H2,1H3,(H,19,20). The van der Waals surface area contributed by atoms with Crippen molar-refractivity contribution in [3.05, 3.63) is 42.7 Å². The van der Waals surface area contributed by atoms with E-state index in [9.17, 15) is 4.79 Å². The van der Waals surface area contributed by atoms with Gasteiger partial charge in [0.15, 0.2) is 5.82 Å². The van der Waals surface area contributed by atoms with Crippen molar-refractivity contribution in [2.45, 2.75) is 25.8 Å². The van der Waals surface area contributed by atoms with Crippen LogP contribution in [0.3, 0.4) is 0 Å². The van der Waals surface area contributed by atoms with Gasteiger partial charge in [0.25, 0.3) is 0 Å². The summed E-state index contributed by atoms with van der Waals surface area (Å²) in [5.41, 5.74) is 7.24. The molecule has 2 rings (SSSR count). The Balaban J connectivity index is 2.04. The molecule has 2 aromatic rings. The van der Waals surface area contributed by atoms with Gasteiger partial charge in [0, 0.05) is 5.56 Å². The lowest BCUT2D eigenvalue weighted by molar-refractivity contribution is -0.117. The molecule has 1 unspecified atom stereocenters. The van der Waals surface area contributed by atoms with E-state index in [2.05, 4.69) is 15.3 Å². The number of aromatic nitrogens is 2. The van der Waals surface area contributed by atoms with E-state index in [1.807, 2.05) is 37.3 Å². The van der Waals surface area contributed by atoms with Crippen LogP contribution in [0.15, 0.2) is 42.7 Å². The summed E-state index contributed by atoms with van der Waals surface area (Å²) in [6.07, 6.45) is 4.71. The number of benzene rings is 1. The van der Waals surface area contributed by atoms with Crippen molar-refractivity contribution < 1.29 is 4.79 Å². The number of carbonyl (C=O) groups is 1. The molecule has 5 heteroatoms. The Hall–Kier alpha value is -2.27. The first-order valence-corrected chi connectivity index (χ1v) is 6.64. The zero-order valence-electron chi connectivity index (χ0n) is 11.4. The molecule has 104 valence electrons. The van der Waals surface area contributed by atoms with Crippen LogP contribution in [0, 0.1) is 0 Å². The second-order valence-corrected chi connectivity index (χ2v) is 4.55. The lowest BCUT2D eigenvalue weighted by Gasteiger charge is -2.10. The molecule has 0 aliphatic carbocycles. The van der Waals surface area contributed by atoms with Gasteiger partial charge in [0.2, 0.25) is 5.91 Å². The van der Waals surface area contributed by atoms with Crippen LogP contribution >= 0.6 is 0 Å². The highest BCUT2D eigenvalue weighted by atomic mass is 16.2. The number of rotatable bonds is 5. The van der Waals surface area contributed by atoms with E-state index < -0.39 is 6.04 Å². The van der Waals surface area contributed by atoms with E-state index in [-0.39, 0.29) is 5.91 Å². The fourth-order valence-electron chi connectivity index (χ4n) is 1.81. The molecular weight excluding hydrogens is 252 g/mol.